The molecule has 0 saturated carbocycles. The highest BCUT2D eigenvalue weighted by molar-refractivity contribution is 9.10. The van der Waals surface area contributed by atoms with Gasteiger partial charge >= 0.3 is 5.97 Å². The monoisotopic (exact) mass is 537 g/mol. The van der Waals surface area contributed by atoms with Gasteiger partial charge in [0.2, 0.25) is 0 Å². The van der Waals surface area contributed by atoms with E-state index in [2.05, 4.69) is 45.7 Å². The molecule has 0 saturated heterocycles. The van der Waals surface area contributed by atoms with Gasteiger partial charge < -0.3 is 4.74 Å². The van der Waals surface area contributed by atoms with Crippen LogP contribution in [0.15, 0.2) is 75.7 Å². The first kappa shape index (κ1) is 21.7. The molecule has 0 spiro atoms. The molecule has 4 aromatic rings. The van der Waals surface area contributed by atoms with E-state index in [9.17, 15) is 4.79 Å². The van der Waals surface area contributed by atoms with E-state index in [-0.39, 0.29) is 5.92 Å². The minimum absolute atomic E-state index is 0.241. The molecule has 5 heteroatoms. The quantitative estimate of drug-likeness (QED) is 0.195. The van der Waals surface area contributed by atoms with Gasteiger partial charge in [-0.25, -0.2) is 9.78 Å². The van der Waals surface area contributed by atoms with Crippen LogP contribution in [0.2, 0.25) is 0 Å². The van der Waals surface area contributed by atoms with Crippen molar-refractivity contribution < 1.29 is 9.53 Å². The van der Waals surface area contributed by atoms with E-state index in [1.807, 2.05) is 73.7 Å². The Hall–Kier alpha value is -2.50. The second kappa shape index (κ2) is 8.93. The second-order valence-corrected chi connectivity index (χ2v) is 9.64. The molecule has 0 atom stereocenters. The topological polar surface area (TPSA) is 39.2 Å². The summed E-state index contributed by atoms with van der Waals surface area (Å²) in [5.74, 6) is 0.451. The minimum atomic E-state index is -0.392. The Morgan fingerprint density at radius 2 is 1.61 bits per heavy atom. The molecule has 4 rings (SSSR count). The van der Waals surface area contributed by atoms with Crippen LogP contribution >= 0.6 is 31.9 Å². The SMILES string of the molecule is Cc1ccc(C(C)C)c(OC(=O)c2cc(-c3ccc(Br)cc3)nc3ccc(Br)cc23)c1. The van der Waals surface area contributed by atoms with Gasteiger partial charge in [-0.05, 0) is 66.4 Å². The molecule has 1 aromatic heterocycles. The molecule has 1 heterocycles. The van der Waals surface area contributed by atoms with Crippen molar-refractivity contribution in [3.8, 4) is 17.0 Å². The number of benzene rings is 3. The zero-order chi connectivity index (χ0) is 22.1. The van der Waals surface area contributed by atoms with Crippen molar-refractivity contribution in [2.75, 3.05) is 0 Å². The number of rotatable bonds is 4. The van der Waals surface area contributed by atoms with Crippen molar-refractivity contribution in [3.05, 3.63) is 92.4 Å². The highest BCUT2D eigenvalue weighted by Crippen LogP contribution is 2.31. The van der Waals surface area contributed by atoms with Gasteiger partial charge in [-0.2, -0.15) is 0 Å². The van der Waals surface area contributed by atoms with Crippen LogP contribution < -0.4 is 4.74 Å². The molecule has 156 valence electrons. The molecule has 0 aliphatic heterocycles. The van der Waals surface area contributed by atoms with Gasteiger partial charge in [0.05, 0.1) is 16.8 Å². The third kappa shape index (κ3) is 4.73. The molecule has 0 amide bonds. The number of aryl methyl sites for hydroxylation is 1. The molecule has 0 aliphatic rings. The minimum Gasteiger partial charge on any atom is -0.423 e. The Balaban J connectivity index is 1.84. The highest BCUT2D eigenvalue weighted by Gasteiger charge is 2.19. The molecule has 0 N–H and O–H groups in total. The molecule has 0 unspecified atom stereocenters. The van der Waals surface area contributed by atoms with Crippen LogP contribution in [0, 0.1) is 6.92 Å². The summed E-state index contributed by atoms with van der Waals surface area (Å²) in [6.07, 6.45) is 0. The number of hydrogen-bond donors (Lipinski definition) is 0. The average molecular weight is 539 g/mol. The molecule has 0 aliphatic carbocycles. The Bertz CT molecular complexity index is 1280. The Labute approximate surface area is 198 Å². The summed E-state index contributed by atoms with van der Waals surface area (Å²) in [7, 11) is 0. The number of aromatic nitrogens is 1. The number of ether oxygens (including phenoxy) is 1. The predicted molar refractivity (Wildman–Crippen MR) is 133 cm³/mol. The molecule has 3 aromatic carbocycles. The van der Waals surface area contributed by atoms with Crippen molar-refractivity contribution in [3.63, 3.8) is 0 Å². The normalized spacial score (nSPS) is 11.2. The molecule has 3 nitrogen and oxygen atoms in total. The fraction of sp³-hybridized carbons (Fsp3) is 0.154. The van der Waals surface area contributed by atoms with E-state index in [4.69, 9.17) is 9.72 Å². The number of halogens is 2. The van der Waals surface area contributed by atoms with Gasteiger partial charge in [0.15, 0.2) is 0 Å². The molecular weight excluding hydrogens is 518 g/mol. The summed E-state index contributed by atoms with van der Waals surface area (Å²) >= 11 is 6.97. The van der Waals surface area contributed by atoms with Crippen molar-refractivity contribution in [1.29, 1.82) is 0 Å². The number of hydrogen-bond acceptors (Lipinski definition) is 3. The van der Waals surface area contributed by atoms with Crippen molar-refractivity contribution in [2.24, 2.45) is 0 Å². The Morgan fingerprint density at radius 3 is 2.32 bits per heavy atom. The van der Waals surface area contributed by atoms with Gasteiger partial charge in [0.25, 0.3) is 0 Å². The first-order chi connectivity index (χ1) is 14.8. The van der Waals surface area contributed by atoms with E-state index in [1.54, 1.807) is 0 Å². The fourth-order valence-electron chi connectivity index (χ4n) is 3.50. The van der Waals surface area contributed by atoms with Crippen LogP contribution in [0.4, 0.5) is 0 Å². The van der Waals surface area contributed by atoms with Crippen molar-refractivity contribution in [2.45, 2.75) is 26.7 Å². The van der Waals surface area contributed by atoms with Gasteiger partial charge in [-0.1, -0.05) is 70.0 Å². The zero-order valence-electron chi connectivity index (χ0n) is 17.4. The number of carbonyl (C=O) groups is 1. The summed E-state index contributed by atoms with van der Waals surface area (Å²) in [6.45, 7) is 6.17. The van der Waals surface area contributed by atoms with Crippen LogP contribution in [0.3, 0.4) is 0 Å². The lowest BCUT2D eigenvalue weighted by molar-refractivity contribution is 0.0735. The first-order valence-electron chi connectivity index (χ1n) is 10.0. The van der Waals surface area contributed by atoms with Gasteiger partial charge in [-0.3, -0.25) is 0 Å². The predicted octanol–water partition coefficient (Wildman–Crippen LogP) is 8.08. The Kier molecular flexibility index (Phi) is 6.26. The summed E-state index contributed by atoms with van der Waals surface area (Å²) in [5.41, 5.74) is 4.93. The smallest absolute Gasteiger partial charge is 0.344 e. The third-order valence-corrected chi connectivity index (χ3v) is 6.15. The van der Waals surface area contributed by atoms with Crippen LogP contribution in [-0.2, 0) is 0 Å². The molecular formula is C26H21Br2NO2. The maximum atomic E-state index is 13.4. The molecule has 0 bridgehead atoms. The van der Waals surface area contributed by atoms with Gasteiger partial charge in [0.1, 0.15) is 5.75 Å². The standard InChI is InChI=1S/C26H21Br2NO2/c1-15(2)20-10-4-16(3)12-25(20)31-26(30)22-14-24(17-5-7-18(27)8-6-17)29-23-11-9-19(28)13-21(22)23/h4-15H,1-3H3. The largest absolute Gasteiger partial charge is 0.423 e. The van der Waals surface area contributed by atoms with Crippen LogP contribution in [0.1, 0.15) is 41.3 Å². The van der Waals surface area contributed by atoms with E-state index >= 15 is 0 Å². The summed E-state index contributed by atoms with van der Waals surface area (Å²) in [6, 6.07) is 21.4. The van der Waals surface area contributed by atoms with Crippen molar-refractivity contribution >= 4 is 48.7 Å². The zero-order valence-corrected chi connectivity index (χ0v) is 20.6. The van der Waals surface area contributed by atoms with Gasteiger partial charge in [0, 0.05) is 19.9 Å². The number of esters is 1. The first-order valence-corrected chi connectivity index (χ1v) is 11.6. The third-order valence-electron chi connectivity index (χ3n) is 5.12. The van der Waals surface area contributed by atoms with Crippen LogP contribution in [0.5, 0.6) is 5.75 Å². The number of carbonyl (C=O) groups excluding carboxylic acids is 1. The fourth-order valence-corrected chi connectivity index (χ4v) is 4.12. The van der Waals surface area contributed by atoms with Crippen molar-refractivity contribution in [1.82, 2.24) is 4.98 Å². The summed E-state index contributed by atoms with van der Waals surface area (Å²) in [5, 5.41) is 0.749. The maximum Gasteiger partial charge on any atom is 0.344 e. The van der Waals surface area contributed by atoms with E-state index in [0.717, 1.165) is 42.2 Å². The highest BCUT2D eigenvalue weighted by atomic mass is 79.9. The lowest BCUT2D eigenvalue weighted by atomic mass is 10.0. The lowest BCUT2D eigenvalue weighted by Crippen LogP contribution is -2.12. The average Bonchev–Trinajstić information content (AvgIpc) is 2.73. The van der Waals surface area contributed by atoms with Gasteiger partial charge in [-0.15, -0.1) is 0 Å². The van der Waals surface area contributed by atoms with E-state index < -0.39 is 5.97 Å². The second-order valence-electron chi connectivity index (χ2n) is 7.81. The molecule has 0 fully saturated rings. The maximum absolute atomic E-state index is 13.4. The van der Waals surface area contributed by atoms with E-state index in [0.29, 0.717) is 11.3 Å². The lowest BCUT2D eigenvalue weighted by Gasteiger charge is -2.15. The Morgan fingerprint density at radius 1 is 0.903 bits per heavy atom. The molecule has 31 heavy (non-hydrogen) atoms. The number of fused-ring (bicyclic) bond motifs is 1. The number of pyridine rings is 1. The van der Waals surface area contributed by atoms with E-state index in [1.165, 1.54) is 0 Å². The summed E-state index contributed by atoms with van der Waals surface area (Å²) < 4.78 is 7.81. The number of nitrogens with zero attached hydrogens (tertiary/aromatic N) is 1. The summed E-state index contributed by atoms with van der Waals surface area (Å²) in [4.78, 5) is 18.2. The van der Waals surface area contributed by atoms with Crippen LogP contribution in [-0.4, -0.2) is 11.0 Å². The van der Waals surface area contributed by atoms with Crippen LogP contribution in [0.25, 0.3) is 22.2 Å². The molecule has 0 radical (unpaired) electrons.